The molecular weight excluding hydrogens is 389 g/mol. The van der Waals surface area contributed by atoms with Gasteiger partial charge < -0.3 is 11.2 Å². The number of nitrogens with one attached hydrogen (secondary N) is 1. The molecule has 0 fully saturated rings. The molecule has 27 heavy (non-hydrogen) atoms. The van der Waals surface area contributed by atoms with Crippen LogP contribution >= 0.6 is 23.4 Å². The lowest BCUT2D eigenvalue weighted by Crippen LogP contribution is -2.28. The highest BCUT2D eigenvalue weighted by Crippen LogP contribution is 2.24. The lowest BCUT2D eigenvalue weighted by Gasteiger charge is -2.15. The third-order valence-electron chi connectivity index (χ3n) is 3.83. The predicted molar refractivity (Wildman–Crippen MR) is 104 cm³/mol. The van der Waals surface area contributed by atoms with Crippen LogP contribution < -0.4 is 11.2 Å². The number of aromatic nitrogens is 3. The summed E-state index contributed by atoms with van der Waals surface area (Å²) in [6.07, 6.45) is 0. The van der Waals surface area contributed by atoms with Crippen molar-refractivity contribution < 1.29 is 9.18 Å². The topological polar surface area (TPSA) is 85.8 Å². The van der Waals surface area contributed by atoms with Crippen molar-refractivity contribution in [2.75, 3.05) is 11.6 Å². The number of benzene rings is 2. The van der Waals surface area contributed by atoms with Gasteiger partial charge in [0.05, 0.1) is 11.8 Å². The molecular formula is C18H17ClFN5OS. The molecule has 1 aromatic heterocycles. The molecule has 9 heteroatoms. The number of hydrogen-bond acceptors (Lipinski definition) is 5. The lowest BCUT2D eigenvalue weighted by molar-refractivity contribution is -0.119. The Bertz CT molecular complexity index is 964. The first-order valence-corrected chi connectivity index (χ1v) is 9.45. The van der Waals surface area contributed by atoms with Crippen LogP contribution in [0.1, 0.15) is 18.5 Å². The highest BCUT2D eigenvalue weighted by atomic mass is 35.5. The number of rotatable bonds is 6. The van der Waals surface area contributed by atoms with Gasteiger partial charge in [-0.15, -0.1) is 10.2 Å². The lowest BCUT2D eigenvalue weighted by atomic mass is 10.1. The molecule has 0 aliphatic heterocycles. The van der Waals surface area contributed by atoms with Crippen LogP contribution in [-0.2, 0) is 4.79 Å². The molecule has 3 aromatic rings. The van der Waals surface area contributed by atoms with Crippen LogP contribution in [0.2, 0.25) is 5.02 Å². The molecule has 3 rings (SSSR count). The van der Waals surface area contributed by atoms with Crippen molar-refractivity contribution in [3.05, 3.63) is 64.9 Å². The average Bonchev–Trinajstić information content (AvgIpc) is 3.01. The largest absolute Gasteiger partial charge is 0.349 e. The second-order valence-corrected chi connectivity index (χ2v) is 7.14. The number of carbonyl (C=O) groups excluding carboxylic acids is 1. The van der Waals surface area contributed by atoms with E-state index < -0.39 is 5.82 Å². The number of nitrogen functional groups attached to an aromatic ring is 1. The van der Waals surface area contributed by atoms with Gasteiger partial charge in [-0.2, -0.15) is 0 Å². The van der Waals surface area contributed by atoms with Crippen LogP contribution in [-0.4, -0.2) is 26.5 Å². The third kappa shape index (κ3) is 4.58. The summed E-state index contributed by atoms with van der Waals surface area (Å²) < 4.78 is 14.6. The van der Waals surface area contributed by atoms with E-state index in [1.54, 1.807) is 18.2 Å². The second kappa shape index (κ2) is 8.41. The minimum absolute atomic E-state index is 0.104. The van der Waals surface area contributed by atoms with Crippen LogP contribution in [0.4, 0.5) is 4.39 Å². The van der Waals surface area contributed by atoms with E-state index in [9.17, 15) is 9.18 Å². The van der Waals surface area contributed by atoms with Gasteiger partial charge >= 0.3 is 0 Å². The summed E-state index contributed by atoms with van der Waals surface area (Å²) in [5, 5.41) is 11.8. The van der Waals surface area contributed by atoms with Crippen molar-refractivity contribution in [3.8, 4) is 11.4 Å². The third-order valence-corrected chi connectivity index (χ3v) is 5.12. The molecule has 0 saturated carbocycles. The molecule has 2 aromatic carbocycles. The van der Waals surface area contributed by atoms with E-state index in [1.807, 2.05) is 25.1 Å². The van der Waals surface area contributed by atoms with Crippen LogP contribution in [0.5, 0.6) is 0 Å². The molecule has 1 heterocycles. The zero-order valence-corrected chi connectivity index (χ0v) is 16.0. The maximum absolute atomic E-state index is 13.4. The molecule has 0 aliphatic carbocycles. The Morgan fingerprint density at radius 2 is 2.07 bits per heavy atom. The first kappa shape index (κ1) is 19.2. The molecule has 0 aliphatic rings. The summed E-state index contributed by atoms with van der Waals surface area (Å²) in [5.74, 6) is 5.83. The van der Waals surface area contributed by atoms with E-state index in [4.69, 9.17) is 17.4 Å². The maximum Gasteiger partial charge on any atom is 0.230 e. The number of carbonyl (C=O) groups is 1. The molecule has 0 radical (unpaired) electrons. The van der Waals surface area contributed by atoms with Gasteiger partial charge in [0.1, 0.15) is 5.82 Å². The smallest absolute Gasteiger partial charge is 0.230 e. The standard InChI is InChI=1S/C18H17ClFN5OS/c1-11(14-7-2-3-8-15(14)19)22-16(26)10-27-18-24-23-17(25(18)21)12-5-4-6-13(20)9-12/h2-9,11H,10,21H2,1H3,(H,22,26)/t11-/m1/s1. The van der Waals surface area contributed by atoms with Gasteiger partial charge in [0, 0.05) is 10.6 Å². The molecule has 0 bridgehead atoms. The van der Waals surface area contributed by atoms with Crippen LogP contribution in [0.3, 0.4) is 0 Å². The minimum atomic E-state index is -0.391. The summed E-state index contributed by atoms with van der Waals surface area (Å²) in [5.41, 5.74) is 1.35. The fourth-order valence-electron chi connectivity index (χ4n) is 2.52. The zero-order valence-electron chi connectivity index (χ0n) is 14.4. The number of halogens is 2. The van der Waals surface area contributed by atoms with Crippen LogP contribution in [0.15, 0.2) is 53.7 Å². The van der Waals surface area contributed by atoms with E-state index in [0.717, 1.165) is 17.3 Å². The fraction of sp³-hybridized carbons (Fsp3) is 0.167. The summed E-state index contributed by atoms with van der Waals surface area (Å²) >= 11 is 7.29. The normalized spacial score (nSPS) is 12.0. The molecule has 6 nitrogen and oxygen atoms in total. The van der Waals surface area contributed by atoms with Crippen molar-refractivity contribution in [3.63, 3.8) is 0 Å². The molecule has 1 amide bonds. The first-order chi connectivity index (χ1) is 13.0. The van der Waals surface area contributed by atoms with E-state index in [-0.39, 0.29) is 17.7 Å². The summed E-state index contributed by atoms with van der Waals surface area (Å²) in [4.78, 5) is 12.2. The van der Waals surface area contributed by atoms with Crippen LogP contribution in [0, 0.1) is 5.82 Å². The van der Waals surface area contributed by atoms with E-state index in [2.05, 4.69) is 15.5 Å². The Morgan fingerprint density at radius 1 is 1.30 bits per heavy atom. The highest BCUT2D eigenvalue weighted by molar-refractivity contribution is 7.99. The maximum atomic E-state index is 13.4. The number of amides is 1. The first-order valence-electron chi connectivity index (χ1n) is 8.08. The number of nitrogens with two attached hydrogens (primary N) is 1. The Kier molecular flexibility index (Phi) is 5.98. The number of nitrogens with zero attached hydrogens (tertiary/aromatic N) is 3. The Balaban J connectivity index is 1.62. The molecule has 1 atom stereocenters. The monoisotopic (exact) mass is 405 g/mol. The molecule has 140 valence electrons. The Labute approximate surface area is 164 Å². The van der Waals surface area contributed by atoms with E-state index in [1.165, 1.54) is 16.8 Å². The van der Waals surface area contributed by atoms with Crippen molar-refractivity contribution >= 4 is 29.3 Å². The van der Waals surface area contributed by atoms with Gasteiger partial charge in [0.15, 0.2) is 5.82 Å². The quantitative estimate of drug-likeness (QED) is 0.484. The number of hydrogen-bond donors (Lipinski definition) is 2. The van der Waals surface area contributed by atoms with Crippen molar-refractivity contribution in [1.82, 2.24) is 20.2 Å². The summed E-state index contributed by atoms with van der Waals surface area (Å²) in [6.45, 7) is 1.86. The highest BCUT2D eigenvalue weighted by Gasteiger charge is 2.16. The van der Waals surface area contributed by atoms with Gasteiger partial charge in [0.25, 0.3) is 0 Å². The van der Waals surface area contributed by atoms with E-state index >= 15 is 0 Å². The molecule has 3 N–H and O–H groups in total. The SMILES string of the molecule is C[C@@H](NC(=O)CSc1nnc(-c2cccc(F)c2)n1N)c1ccccc1Cl. The van der Waals surface area contributed by atoms with Gasteiger partial charge in [-0.1, -0.05) is 53.7 Å². The van der Waals surface area contributed by atoms with Crippen molar-refractivity contribution in [1.29, 1.82) is 0 Å². The fourth-order valence-corrected chi connectivity index (χ4v) is 3.48. The Hall–Kier alpha value is -2.58. The average molecular weight is 406 g/mol. The van der Waals surface area contributed by atoms with Crippen LogP contribution in [0.25, 0.3) is 11.4 Å². The van der Waals surface area contributed by atoms with E-state index in [0.29, 0.717) is 21.6 Å². The second-order valence-electron chi connectivity index (χ2n) is 5.79. The summed E-state index contributed by atoms with van der Waals surface area (Å²) in [7, 11) is 0. The number of thioether (sulfide) groups is 1. The molecule has 0 spiro atoms. The van der Waals surface area contributed by atoms with Gasteiger partial charge in [0.2, 0.25) is 11.1 Å². The molecule has 0 unspecified atom stereocenters. The minimum Gasteiger partial charge on any atom is -0.349 e. The van der Waals surface area contributed by atoms with Gasteiger partial charge in [-0.05, 0) is 30.7 Å². The molecule has 0 saturated heterocycles. The van der Waals surface area contributed by atoms with Gasteiger partial charge in [-0.25, -0.2) is 9.07 Å². The predicted octanol–water partition coefficient (Wildman–Crippen LogP) is 3.42. The van der Waals surface area contributed by atoms with Gasteiger partial charge in [-0.3, -0.25) is 4.79 Å². The Morgan fingerprint density at radius 3 is 2.81 bits per heavy atom. The zero-order chi connectivity index (χ0) is 19.4. The van der Waals surface area contributed by atoms with Crippen molar-refractivity contribution in [2.24, 2.45) is 0 Å². The van der Waals surface area contributed by atoms with Crippen molar-refractivity contribution in [2.45, 2.75) is 18.1 Å². The summed E-state index contributed by atoms with van der Waals surface area (Å²) in [6, 6.07) is 13.0.